The van der Waals surface area contributed by atoms with Crippen LogP contribution < -0.4 is 0 Å². The number of aliphatic hydroxyl groups is 6. The van der Waals surface area contributed by atoms with Gasteiger partial charge in [0, 0.05) is 13.0 Å². The third kappa shape index (κ3) is 3.59. The van der Waals surface area contributed by atoms with E-state index in [4.69, 9.17) is 9.84 Å². The highest BCUT2D eigenvalue weighted by Gasteiger charge is 2.49. The van der Waals surface area contributed by atoms with E-state index in [2.05, 4.69) is 0 Å². The summed E-state index contributed by atoms with van der Waals surface area (Å²) < 4.78 is 4.88. The van der Waals surface area contributed by atoms with E-state index in [1.54, 1.807) is 0 Å². The van der Waals surface area contributed by atoms with Gasteiger partial charge in [0.05, 0.1) is 12.7 Å². The van der Waals surface area contributed by atoms with Crippen molar-refractivity contribution in [3.63, 3.8) is 0 Å². The Labute approximate surface area is 98.9 Å². The molecular weight excluding hydrogens is 232 g/mol. The van der Waals surface area contributed by atoms with Crippen LogP contribution in [0.3, 0.4) is 0 Å². The van der Waals surface area contributed by atoms with Gasteiger partial charge in [0.2, 0.25) is 0 Å². The third-order valence-electron chi connectivity index (χ3n) is 2.91. The molecule has 0 spiro atoms. The summed E-state index contributed by atoms with van der Waals surface area (Å²) in [6, 6.07) is 0. The minimum Gasteiger partial charge on any atom is -0.396 e. The summed E-state index contributed by atoms with van der Waals surface area (Å²) in [5, 5.41) is 56.3. The van der Waals surface area contributed by atoms with Crippen molar-refractivity contribution in [2.45, 2.75) is 49.5 Å². The van der Waals surface area contributed by atoms with E-state index >= 15 is 0 Å². The third-order valence-corrected chi connectivity index (χ3v) is 2.91. The quantitative estimate of drug-likeness (QED) is 0.314. The molecule has 0 bridgehead atoms. The molecule has 1 unspecified atom stereocenters. The maximum atomic E-state index is 9.93. The Morgan fingerprint density at radius 3 is 2.53 bits per heavy atom. The zero-order valence-electron chi connectivity index (χ0n) is 9.44. The first-order chi connectivity index (χ1) is 7.90. The Hall–Kier alpha value is -0.280. The highest BCUT2D eigenvalue weighted by Crippen LogP contribution is 2.28. The molecule has 102 valence electrons. The molecule has 1 aliphatic rings. The Morgan fingerprint density at radius 2 is 1.94 bits per heavy atom. The Balaban J connectivity index is 2.55. The van der Waals surface area contributed by atoms with Crippen LogP contribution in [-0.2, 0) is 4.74 Å². The molecule has 1 aliphatic heterocycles. The molecule has 5 atom stereocenters. The van der Waals surface area contributed by atoms with Gasteiger partial charge in [0.15, 0.2) is 5.79 Å². The molecule has 0 radical (unpaired) electrons. The van der Waals surface area contributed by atoms with Gasteiger partial charge in [-0.15, -0.1) is 0 Å². The molecule has 7 nitrogen and oxygen atoms in total. The molecule has 1 heterocycles. The smallest absolute Gasteiger partial charge is 0.197 e. The van der Waals surface area contributed by atoms with Crippen molar-refractivity contribution in [1.82, 2.24) is 0 Å². The highest BCUT2D eigenvalue weighted by molar-refractivity contribution is 4.92. The highest BCUT2D eigenvalue weighted by atomic mass is 16.6. The van der Waals surface area contributed by atoms with Crippen molar-refractivity contribution in [3.8, 4) is 0 Å². The van der Waals surface area contributed by atoms with Crippen LogP contribution in [-0.4, -0.2) is 74.1 Å². The fourth-order valence-corrected chi connectivity index (χ4v) is 1.84. The Morgan fingerprint density at radius 1 is 1.29 bits per heavy atom. The molecule has 7 heteroatoms. The van der Waals surface area contributed by atoms with Crippen molar-refractivity contribution in [2.75, 3.05) is 13.2 Å². The predicted molar refractivity (Wildman–Crippen MR) is 55.9 cm³/mol. The number of hydrogen-bond acceptors (Lipinski definition) is 7. The van der Waals surface area contributed by atoms with Crippen LogP contribution in [0.1, 0.15) is 19.3 Å². The molecule has 0 aromatic heterocycles. The van der Waals surface area contributed by atoms with E-state index < -0.39 is 30.2 Å². The molecule has 0 aromatic carbocycles. The standard InChI is InChI=1S/C10H20O7/c11-3-1-2-6(12)4-10(16)9(15)8(14)7(13)5-17-10/h6-9,11-16H,1-5H2/t6?,7-,8+,9-,10+/m1/s1. The minimum absolute atomic E-state index is 0.0831. The van der Waals surface area contributed by atoms with Crippen molar-refractivity contribution in [2.24, 2.45) is 0 Å². The molecule has 6 N–H and O–H groups in total. The molecule has 1 fully saturated rings. The van der Waals surface area contributed by atoms with Crippen molar-refractivity contribution >= 4 is 0 Å². The van der Waals surface area contributed by atoms with E-state index in [0.29, 0.717) is 6.42 Å². The monoisotopic (exact) mass is 252 g/mol. The lowest BCUT2D eigenvalue weighted by Gasteiger charge is -2.42. The van der Waals surface area contributed by atoms with E-state index in [0.717, 1.165) is 0 Å². The zero-order valence-corrected chi connectivity index (χ0v) is 9.44. The first-order valence-corrected chi connectivity index (χ1v) is 5.60. The van der Waals surface area contributed by atoms with Gasteiger partial charge in [-0.25, -0.2) is 0 Å². The molecule has 0 aromatic rings. The summed E-state index contributed by atoms with van der Waals surface area (Å²) in [7, 11) is 0. The zero-order chi connectivity index (χ0) is 13.1. The SMILES string of the molecule is OCCCC(O)C[C@]1(O)OC[C@@H](O)[C@H](O)[C@H]1O. The lowest BCUT2D eigenvalue weighted by Crippen LogP contribution is -2.61. The second kappa shape index (κ2) is 6.05. The van der Waals surface area contributed by atoms with Gasteiger partial charge in [-0.05, 0) is 12.8 Å². The lowest BCUT2D eigenvalue weighted by molar-refractivity contribution is -0.329. The summed E-state index contributed by atoms with van der Waals surface area (Å²) in [6.07, 6.45) is -5.12. The van der Waals surface area contributed by atoms with Crippen molar-refractivity contribution in [1.29, 1.82) is 0 Å². The topological polar surface area (TPSA) is 131 Å². The first kappa shape index (κ1) is 14.8. The van der Waals surface area contributed by atoms with Gasteiger partial charge in [0.1, 0.15) is 18.3 Å². The summed E-state index contributed by atoms with van der Waals surface area (Å²) in [5.74, 6) is -2.08. The molecule has 1 rings (SSSR count). The van der Waals surface area contributed by atoms with Crippen molar-refractivity contribution < 1.29 is 35.4 Å². The van der Waals surface area contributed by atoms with Gasteiger partial charge in [-0.3, -0.25) is 0 Å². The maximum absolute atomic E-state index is 9.93. The van der Waals surface area contributed by atoms with Gasteiger partial charge >= 0.3 is 0 Å². The van der Waals surface area contributed by atoms with Crippen LogP contribution in [0, 0.1) is 0 Å². The molecule has 0 aliphatic carbocycles. The van der Waals surface area contributed by atoms with Crippen LogP contribution >= 0.6 is 0 Å². The average Bonchev–Trinajstić information content (AvgIpc) is 2.29. The van der Waals surface area contributed by atoms with E-state index in [9.17, 15) is 25.5 Å². The van der Waals surface area contributed by atoms with Gasteiger partial charge in [-0.2, -0.15) is 0 Å². The summed E-state index contributed by atoms with van der Waals surface area (Å²) in [4.78, 5) is 0. The van der Waals surface area contributed by atoms with Crippen molar-refractivity contribution in [3.05, 3.63) is 0 Å². The van der Waals surface area contributed by atoms with E-state index in [1.807, 2.05) is 0 Å². The number of aliphatic hydroxyl groups excluding tert-OH is 5. The summed E-state index contributed by atoms with van der Waals surface area (Å²) in [6.45, 7) is -0.401. The van der Waals surface area contributed by atoms with Crippen LogP contribution in [0.2, 0.25) is 0 Å². The second-order valence-corrected chi connectivity index (χ2v) is 4.38. The predicted octanol–water partition coefficient (Wildman–Crippen LogP) is -2.69. The fraction of sp³-hybridized carbons (Fsp3) is 1.00. The molecule has 1 saturated heterocycles. The van der Waals surface area contributed by atoms with Crippen LogP contribution in [0.15, 0.2) is 0 Å². The first-order valence-electron chi connectivity index (χ1n) is 5.60. The van der Waals surface area contributed by atoms with Crippen LogP contribution in [0.4, 0.5) is 0 Å². The Kier molecular flexibility index (Phi) is 5.26. The Bertz CT molecular complexity index is 237. The maximum Gasteiger partial charge on any atom is 0.197 e. The van der Waals surface area contributed by atoms with Crippen LogP contribution in [0.5, 0.6) is 0 Å². The lowest BCUT2D eigenvalue weighted by atomic mass is 9.91. The molecule has 0 saturated carbocycles. The van der Waals surface area contributed by atoms with E-state index in [1.165, 1.54) is 0 Å². The molecule has 17 heavy (non-hydrogen) atoms. The van der Waals surface area contributed by atoms with Crippen LogP contribution in [0.25, 0.3) is 0 Å². The molecular formula is C10H20O7. The normalized spacial score (nSPS) is 40.2. The summed E-state index contributed by atoms with van der Waals surface area (Å²) in [5.41, 5.74) is 0. The largest absolute Gasteiger partial charge is 0.396 e. The second-order valence-electron chi connectivity index (χ2n) is 4.38. The van der Waals surface area contributed by atoms with E-state index in [-0.39, 0.29) is 26.1 Å². The summed E-state index contributed by atoms with van der Waals surface area (Å²) >= 11 is 0. The average molecular weight is 252 g/mol. The fourth-order valence-electron chi connectivity index (χ4n) is 1.84. The number of hydrogen-bond donors (Lipinski definition) is 6. The van der Waals surface area contributed by atoms with Gasteiger partial charge in [-0.1, -0.05) is 0 Å². The minimum atomic E-state index is -2.08. The number of rotatable bonds is 5. The number of ether oxygens (including phenoxy) is 1. The molecule has 0 amide bonds. The van der Waals surface area contributed by atoms with Gasteiger partial charge < -0.3 is 35.4 Å². The van der Waals surface area contributed by atoms with Gasteiger partial charge in [0.25, 0.3) is 0 Å².